The minimum absolute atomic E-state index is 0.664. The average molecular weight is 285 g/mol. The summed E-state index contributed by atoms with van der Waals surface area (Å²) >= 11 is 1.74. The van der Waals surface area contributed by atoms with Crippen molar-refractivity contribution in [3.05, 3.63) is 16.1 Å². The number of ether oxygens (including phenoxy) is 1. The first-order valence-corrected chi connectivity index (χ1v) is 7.89. The molecule has 0 amide bonds. The van der Waals surface area contributed by atoms with E-state index in [-0.39, 0.29) is 0 Å². The Balaban J connectivity index is 2.49. The molecule has 0 fully saturated rings. The fourth-order valence-corrected chi connectivity index (χ4v) is 2.69. The van der Waals surface area contributed by atoms with Gasteiger partial charge in [0.2, 0.25) is 0 Å². The van der Waals surface area contributed by atoms with Crippen LogP contribution in [0.3, 0.4) is 0 Å². The second-order valence-electron chi connectivity index (χ2n) is 5.13. The Labute approximate surface area is 121 Å². The van der Waals surface area contributed by atoms with Crippen molar-refractivity contribution in [1.82, 2.24) is 15.2 Å². The number of nitrogens with zero attached hydrogens (tertiary/aromatic N) is 2. The number of thiazole rings is 1. The first-order chi connectivity index (χ1) is 9.15. The van der Waals surface area contributed by atoms with Crippen molar-refractivity contribution >= 4 is 11.3 Å². The molecule has 1 aromatic heterocycles. The highest BCUT2D eigenvalue weighted by atomic mass is 32.1. The second kappa shape index (κ2) is 9.42. The topological polar surface area (TPSA) is 37.4 Å². The predicted octanol–water partition coefficient (Wildman–Crippen LogP) is 2.36. The summed E-state index contributed by atoms with van der Waals surface area (Å²) in [7, 11) is 1.75. The van der Waals surface area contributed by atoms with Gasteiger partial charge in [-0.2, -0.15) is 0 Å². The van der Waals surface area contributed by atoms with Gasteiger partial charge in [-0.05, 0) is 12.5 Å². The van der Waals surface area contributed by atoms with Crippen LogP contribution < -0.4 is 5.32 Å². The number of hydrogen-bond acceptors (Lipinski definition) is 5. The summed E-state index contributed by atoms with van der Waals surface area (Å²) in [6.07, 6.45) is 0. The molecule has 0 radical (unpaired) electrons. The number of hydrogen-bond donors (Lipinski definition) is 1. The third kappa shape index (κ3) is 7.01. The van der Waals surface area contributed by atoms with Gasteiger partial charge in [0.25, 0.3) is 0 Å². The zero-order chi connectivity index (χ0) is 14.1. The van der Waals surface area contributed by atoms with E-state index in [2.05, 4.69) is 41.4 Å². The van der Waals surface area contributed by atoms with Crippen molar-refractivity contribution in [2.75, 3.05) is 33.4 Å². The Bertz CT molecular complexity index is 341. The summed E-state index contributed by atoms with van der Waals surface area (Å²) in [4.78, 5) is 7.09. The van der Waals surface area contributed by atoms with Crippen LogP contribution in [0.2, 0.25) is 0 Å². The SMILES string of the molecule is CCNCc1nc(CN(CCOC)CC(C)C)cs1. The Hall–Kier alpha value is -0.490. The molecule has 110 valence electrons. The smallest absolute Gasteiger partial charge is 0.107 e. The van der Waals surface area contributed by atoms with Gasteiger partial charge in [0, 0.05) is 38.7 Å². The molecular weight excluding hydrogens is 258 g/mol. The zero-order valence-electron chi connectivity index (χ0n) is 12.6. The van der Waals surface area contributed by atoms with Gasteiger partial charge in [0.15, 0.2) is 0 Å². The summed E-state index contributed by atoms with van der Waals surface area (Å²) < 4.78 is 5.18. The van der Waals surface area contributed by atoms with E-state index >= 15 is 0 Å². The molecule has 5 heteroatoms. The standard InChI is InChI=1S/C14H27N3OS/c1-5-15-8-14-16-13(11-19-14)10-17(6-7-18-4)9-12(2)3/h11-12,15H,5-10H2,1-4H3. The molecule has 1 heterocycles. The van der Waals surface area contributed by atoms with Crippen molar-refractivity contribution in [1.29, 1.82) is 0 Å². The molecule has 0 aliphatic carbocycles. The van der Waals surface area contributed by atoms with Crippen LogP contribution in [-0.2, 0) is 17.8 Å². The molecule has 0 bridgehead atoms. The molecule has 0 aromatic carbocycles. The molecule has 0 unspecified atom stereocenters. The average Bonchev–Trinajstić information content (AvgIpc) is 2.80. The lowest BCUT2D eigenvalue weighted by Gasteiger charge is -2.22. The molecule has 0 aliphatic heterocycles. The monoisotopic (exact) mass is 285 g/mol. The molecule has 1 rings (SSSR count). The Morgan fingerprint density at radius 3 is 2.89 bits per heavy atom. The van der Waals surface area contributed by atoms with Gasteiger partial charge in [0.05, 0.1) is 12.3 Å². The van der Waals surface area contributed by atoms with Gasteiger partial charge >= 0.3 is 0 Å². The maximum Gasteiger partial charge on any atom is 0.107 e. The fraction of sp³-hybridized carbons (Fsp3) is 0.786. The molecule has 0 aliphatic rings. The van der Waals surface area contributed by atoms with Crippen LogP contribution in [-0.4, -0.2) is 43.2 Å². The van der Waals surface area contributed by atoms with Crippen LogP contribution in [0.4, 0.5) is 0 Å². The van der Waals surface area contributed by atoms with Gasteiger partial charge < -0.3 is 10.1 Å². The van der Waals surface area contributed by atoms with Crippen LogP contribution in [0.1, 0.15) is 31.5 Å². The highest BCUT2D eigenvalue weighted by Crippen LogP contribution is 2.12. The first-order valence-electron chi connectivity index (χ1n) is 7.01. The summed E-state index contributed by atoms with van der Waals surface area (Å²) in [6, 6.07) is 0. The molecule has 0 saturated heterocycles. The minimum Gasteiger partial charge on any atom is -0.383 e. The van der Waals surface area contributed by atoms with Crippen molar-refractivity contribution < 1.29 is 4.74 Å². The maximum absolute atomic E-state index is 5.18. The lowest BCUT2D eigenvalue weighted by Crippen LogP contribution is -2.30. The van der Waals surface area contributed by atoms with E-state index in [4.69, 9.17) is 4.74 Å². The fourth-order valence-electron chi connectivity index (χ4n) is 1.94. The van der Waals surface area contributed by atoms with E-state index < -0.39 is 0 Å². The van der Waals surface area contributed by atoms with Crippen LogP contribution in [0.25, 0.3) is 0 Å². The van der Waals surface area contributed by atoms with Crippen LogP contribution >= 0.6 is 11.3 Å². The van der Waals surface area contributed by atoms with Crippen molar-refractivity contribution in [3.63, 3.8) is 0 Å². The Kier molecular flexibility index (Phi) is 8.21. The highest BCUT2D eigenvalue weighted by Gasteiger charge is 2.10. The van der Waals surface area contributed by atoms with Gasteiger partial charge in [-0.25, -0.2) is 4.98 Å². The van der Waals surface area contributed by atoms with Gasteiger partial charge in [0.1, 0.15) is 5.01 Å². The molecule has 1 aromatic rings. The third-order valence-electron chi connectivity index (χ3n) is 2.75. The summed E-state index contributed by atoms with van der Waals surface area (Å²) in [5.74, 6) is 0.664. The van der Waals surface area contributed by atoms with Gasteiger partial charge in [-0.3, -0.25) is 4.90 Å². The van der Waals surface area contributed by atoms with Crippen molar-refractivity contribution in [2.45, 2.75) is 33.9 Å². The van der Waals surface area contributed by atoms with Crippen LogP contribution in [0.15, 0.2) is 5.38 Å². The van der Waals surface area contributed by atoms with E-state index in [1.54, 1.807) is 18.4 Å². The summed E-state index contributed by atoms with van der Waals surface area (Å²) in [5, 5.41) is 6.66. The van der Waals surface area contributed by atoms with E-state index in [0.717, 1.165) is 39.3 Å². The normalized spacial score (nSPS) is 11.7. The van der Waals surface area contributed by atoms with Crippen molar-refractivity contribution in [3.8, 4) is 0 Å². The third-order valence-corrected chi connectivity index (χ3v) is 3.64. The second-order valence-corrected chi connectivity index (χ2v) is 6.08. The van der Waals surface area contributed by atoms with Gasteiger partial charge in [-0.15, -0.1) is 11.3 Å². The van der Waals surface area contributed by atoms with E-state index in [9.17, 15) is 0 Å². The highest BCUT2D eigenvalue weighted by molar-refractivity contribution is 7.09. The van der Waals surface area contributed by atoms with Gasteiger partial charge in [-0.1, -0.05) is 20.8 Å². The maximum atomic E-state index is 5.18. The zero-order valence-corrected chi connectivity index (χ0v) is 13.4. The largest absolute Gasteiger partial charge is 0.383 e. The molecule has 0 saturated carbocycles. The minimum atomic E-state index is 0.664. The van der Waals surface area contributed by atoms with E-state index in [0.29, 0.717) is 5.92 Å². The summed E-state index contributed by atoms with van der Waals surface area (Å²) in [5.41, 5.74) is 1.18. The number of rotatable bonds is 10. The Morgan fingerprint density at radius 1 is 1.47 bits per heavy atom. The van der Waals surface area contributed by atoms with E-state index in [1.807, 2.05) is 0 Å². The van der Waals surface area contributed by atoms with E-state index in [1.165, 1.54) is 10.7 Å². The lowest BCUT2D eigenvalue weighted by atomic mass is 10.2. The molecular formula is C14H27N3OS. The number of nitrogens with one attached hydrogen (secondary N) is 1. The Morgan fingerprint density at radius 2 is 2.26 bits per heavy atom. The van der Waals surface area contributed by atoms with Crippen molar-refractivity contribution in [2.24, 2.45) is 5.92 Å². The van der Waals surface area contributed by atoms with Crippen LogP contribution in [0.5, 0.6) is 0 Å². The number of aromatic nitrogens is 1. The molecule has 4 nitrogen and oxygen atoms in total. The summed E-state index contributed by atoms with van der Waals surface area (Å²) in [6.45, 7) is 12.2. The molecule has 0 spiro atoms. The molecule has 19 heavy (non-hydrogen) atoms. The lowest BCUT2D eigenvalue weighted by molar-refractivity contribution is 0.135. The predicted molar refractivity (Wildman–Crippen MR) is 81.5 cm³/mol. The molecule has 0 atom stereocenters. The molecule has 1 N–H and O–H groups in total. The first kappa shape index (κ1) is 16.6. The quantitative estimate of drug-likeness (QED) is 0.716. The van der Waals surface area contributed by atoms with Crippen LogP contribution in [0, 0.1) is 5.92 Å². The number of methoxy groups -OCH3 is 1.